The van der Waals surface area contributed by atoms with Crippen LogP contribution in [0.2, 0.25) is 0 Å². The molecular weight excluding hydrogens is 348 g/mol. The zero-order valence-corrected chi connectivity index (χ0v) is 17.0. The summed E-state index contributed by atoms with van der Waals surface area (Å²) in [6.45, 7) is 9.26. The molecule has 3 N–H and O–H groups in total. The fourth-order valence-electron chi connectivity index (χ4n) is 4.06. The van der Waals surface area contributed by atoms with Crippen LogP contribution < -0.4 is 15.8 Å². The standard InChI is InChI=1S/C23H28N4O/c1-5-19-20-12-23(4,28-22(20)16(3)15(2)21(19)24)13-26-17-6-8-18(9-7-17)27-11-10-25-14-27/h6-11,14,26H,5,12-13,24H2,1-4H3. The number of nitrogen functional groups attached to an aromatic ring is 1. The average molecular weight is 377 g/mol. The summed E-state index contributed by atoms with van der Waals surface area (Å²) in [6.07, 6.45) is 7.32. The van der Waals surface area contributed by atoms with Gasteiger partial charge in [-0.15, -0.1) is 0 Å². The molecular formula is C23H28N4O. The van der Waals surface area contributed by atoms with E-state index < -0.39 is 0 Å². The fraction of sp³-hybridized carbons (Fsp3) is 0.348. The molecule has 1 atom stereocenters. The van der Waals surface area contributed by atoms with Gasteiger partial charge in [-0.05, 0) is 68.1 Å². The molecule has 1 unspecified atom stereocenters. The summed E-state index contributed by atoms with van der Waals surface area (Å²) < 4.78 is 8.47. The van der Waals surface area contributed by atoms with Crippen LogP contribution in [0.25, 0.3) is 5.69 Å². The maximum atomic E-state index is 6.48. The fourth-order valence-corrected chi connectivity index (χ4v) is 4.06. The molecule has 28 heavy (non-hydrogen) atoms. The number of nitrogens with two attached hydrogens (primary N) is 1. The average Bonchev–Trinajstić information content (AvgIpc) is 3.34. The van der Waals surface area contributed by atoms with E-state index in [0.29, 0.717) is 0 Å². The number of benzene rings is 2. The van der Waals surface area contributed by atoms with Gasteiger partial charge in [0.25, 0.3) is 0 Å². The molecule has 0 radical (unpaired) electrons. The Morgan fingerprint density at radius 2 is 1.96 bits per heavy atom. The van der Waals surface area contributed by atoms with E-state index in [1.807, 2.05) is 10.8 Å². The number of ether oxygens (including phenoxy) is 1. The maximum absolute atomic E-state index is 6.48. The van der Waals surface area contributed by atoms with Crippen LogP contribution >= 0.6 is 0 Å². The van der Waals surface area contributed by atoms with Crippen LogP contribution in [0.5, 0.6) is 5.75 Å². The van der Waals surface area contributed by atoms with Crippen molar-refractivity contribution in [1.29, 1.82) is 0 Å². The van der Waals surface area contributed by atoms with E-state index in [4.69, 9.17) is 10.5 Å². The Hall–Kier alpha value is -2.95. The third-order valence-electron chi connectivity index (χ3n) is 5.86. The van der Waals surface area contributed by atoms with Crippen LogP contribution in [0.4, 0.5) is 11.4 Å². The maximum Gasteiger partial charge on any atom is 0.127 e. The van der Waals surface area contributed by atoms with Crippen LogP contribution in [0.1, 0.15) is 36.1 Å². The van der Waals surface area contributed by atoms with E-state index in [2.05, 4.69) is 62.3 Å². The predicted molar refractivity (Wildman–Crippen MR) is 114 cm³/mol. The van der Waals surface area contributed by atoms with Crippen LogP contribution in [-0.2, 0) is 12.8 Å². The molecule has 146 valence electrons. The van der Waals surface area contributed by atoms with E-state index in [-0.39, 0.29) is 5.60 Å². The number of hydrogen-bond acceptors (Lipinski definition) is 4. The second kappa shape index (κ2) is 6.89. The lowest BCUT2D eigenvalue weighted by molar-refractivity contribution is 0.130. The smallest absolute Gasteiger partial charge is 0.127 e. The number of hydrogen-bond donors (Lipinski definition) is 2. The first-order chi connectivity index (χ1) is 13.4. The minimum atomic E-state index is -0.291. The van der Waals surface area contributed by atoms with Gasteiger partial charge in [0.2, 0.25) is 0 Å². The third kappa shape index (κ3) is 3.11. The quantitative estimate of drug-likeness (QED) is 0.646. The van der Waals surface area contributed by atoms with Crippen LogP contribution in [0.3, 0.4) is 0 Å². The predicted octanol–water partition coefficient (Wildman–Crippen LogP) is 4.44. The Morgan fingerprint density at radius 3 is 2.61 bits per heavy atom. The molecule has 5 nitrogen and oxygen atoms in total. The van der Waals surface area contributed by atoms with Gasteiger partial charge >= 0.3 is 0 Å². The van der Waals surface area contributed by atoms with Crippen molar-refractivity contribution in [3.05, 3.63) is 65.2 Å². The van der Waals surface area contributed by atoms with Gasteiger partial charge in [-0.1, -0.05) is 6.92 Å². The van der Waals surface area contributed by atoms with Crippen molar-refractivity contribution in [2.24, 2.45) is 0 Å². The van der Waals surface area contributed by atoms with Crippen LogP contribution in [0.15, 0.2) is 43.0 Å². The Bertz CT molecular complexity index is 993. The van der Waals surface area contributed by atoms with Crippen LogP contribution in [-0.4, -0.2) is 21.7 Å². The molecule has 5 heteroatoms. The zero-order chi connectivity index (χ0) is 19.9. The summed E-state index contributed by atoms with van der Waals surface area (Å²) in [5, 5.41) is 3.54. The first kappa shape index (κ1) is 18.4. The van der Waals surface area contributed by atoms with E-state index in [1.54, 1.807) is 12.5 Å². The van der Waals surface area contributed by atoms with Crippen molar-refractivity contribution in [3.8, 4) is 11.4 Å². The van der Waals surface area contributed by atoms with E-state index in [9.17, 15) is 0 Å². The number of anilines is 2. The highest BCUT2D eigenvalue weighted by Crippen LogP contribution is 2.44. The highest BCUT2D eigenvalue weighted by molar-refractivity contribution is 5.67. The summed E-state index contributed by atoms with van der Waals surface area (Å²) in [5.41, 5.74) is 14.0. The normalized spacial score (nSPS) is 18.0. The topological polar surface area (TPSA) is 65.1 Å². The highest BCUT2D eigenvalue weighted by Gasteiger charge is 2.38. The zero-order valence-electron chi connectivity index (χ0n) is 17.0. The number of aromatic nitrogens is 2. The summed E-state index contributed by atoms with van der Waals surface area (Å²) in [5.74, 6) is 1.03. The molecule has 0 saturated carbocycles. The van der Waals surface area contributed by atoms with Crippen LogP contribution in [0, 0.1) is 13.8 Å². The molecule has 3 aromatic rings. The molecule has 0 spiro atoms. The van der Waals surface area contributed by atoms with Crippen molar-refractivity contribution >= 4 is 11.4 Å². The van der Waals surface area contributed by atoms with Gasteiger partial charge in [-0.2, -0.15) is 0 Å². The molecule has 1 aromatic heterocycles. The minimum absolute atomic E-state index is 0.291. The molecule has 0 aliphatic carbocycles. The molecule has 1 aliphatic rings. The van der Waals surface area contributed by atoms with Gasteiger partial charge in [-0.3, -0.25) is 0 Å². The Kier molecular flexibility index (Phi) is 4.53. The summed E-state index contributed by atoms with van der Waals surface area (Å²) in [6, 6.07) is 8.34. The molecule has 2 heterocycles. The minimum Gasteiger partial charge on any atom is -0.485 e. The molecule has 0 fully saturated rings. The lowest BCUT2D eigenvalue weighted by atomic mass is 9.90. The molecule has 0 bridgehead atoms. The Labute approximate surface area is 166 Å². The summed E-state index contributed by atoms with van der Waals surface area (Å²) >= 11 is 0. The van der Waals surface area contributed by atoms with Gasteiger partial charge in [0.1, 0.15) is 11.4 Å². The van der Waals surface area contributed by atoms with Gasteiger partial charge in [0.05, 0.1) is 12.9 Å². The van der Waals surface area contributed by atoms with E-state index >= 15 is 0 Å². The lowest BCUT2D eigenvalue weighted by Crippen LogP contribution is -2.38. The van der Waals surface area contributed by atoms with Crippen molar-refractivity contribution in [2.75, 3.05) is 17.6 Å². The number of nitrogens with one attached hydrogen (secondary N) is 1. The first-order valence-corrected chi connectivity index (χ1v) is 9.83. The summed E-state index contributed by atoms with van der Waals surface area (Å²) in [7, 11) is 0. The van der Waals surface area contributed by atoms with Gasteiger partial charge in [-0.25, -0.2) is 4.98 Å². The van der Waals surface area contributed by atoms with Gasteiger partial charge in [0, 0.05) is 41.4 Å². The van der Waals surface area contributed by atoms with E-state index in [0.717, 1.165) is 53.3 Å². The third-order valence-corrected chi connectivity index (χ3v) is 5.86. The first-order valence-electron chi connectivity index (χ1n) is 9.83. The largest absolute Gasteiger partial charge is 0.485 e. The lowest BCUT2D eigenvalue weighted by Gasteiger charge is -2.25. The number of fused-ring (bicyclic) bond motifs is 1. The van der Waals surface area contributed by atoms with Crippen molar-refractivity contribution in [2.45, 2.75) is 46.1 Å². The Morgan fingerprint density at radius 1 is 1.21 bits per heavy atom. The van der Waals surface area contributed by atoms with Crippen molar-refractivity contribution < 1.29 is 4.74 Å². The SMILES string of the molecule is CCc1c(N)c(C)c(C)c2c1CC(C)(CNc1ccc(-n3ccnc3)cc1)O2. The summed E-state index contributed by atoms with van der Waals surface area (Å²) in [4.78, 5) is 4.09. The molecule has 2 aromatic carbocycles. The van der Waals surface area contributed by atoms with E-state index in [1.165, 1.54) is 11.1 Å². The van der Waals surface area contributed by atoms with Crippen molar-refractivity contribution in [1.82, 2.24) is 9.55 Å². The number of rotatable bonds is 5. The molecule has 0 saturated heterocycles. The molecule has 4 rings (SSSR count). The monoisotopic (exact) mass is 376 g/mol. The number of nitrogens with zero attached hydrogens (tertiary/aromatic N) is 2. The van der Waals surface area contributed by atoms with Crippen molar-refractivity contribution in [3.63, 3.8) is 0 Å². The second-order valence-corrected chi connectivity index (χ2v) is 7.90. The van der Waals surface area contributed by atoms with Gasteiger partial charge < -0.3 is 20.4 Å². The number of imidazole rings is 1. The Balaban J connectivity index is 1.50. The highest BCUT2D eigenvalue weighted by atomic mass is 16.5. The van der Waals surface area contributed by atoms with Gasteiger partial charge in [0.15, 0.2) is 0 Å². The molecule has 1 aliphatic heterocycles. The molecule has 0 amide bonds. The second-order valence-electron chi connectivity index (χ2n) is 7.90.